The molecular formula is C36H37BO6. The quantitative estimate of drug-likeness (QED) is 0.238. The number of hydrogen-bond acceptors (Lipinski definition) is 6. The largest absolute Gasteiger partial charge is 0.507 e. The Morgan fingerprint density at radius 1 is 0.977 bits per heavy atom. The lowest BCUT2D eigenvalue weighted by atomic mass is 9.54. The predicted molar refractivity (Wildman–Crippen MR) is 167 cm³/mol. The van der Waals surface area contributed by atoms with Crippen LogP contribution in [0, 0.1) is 31.6 Å². The Balaban J connectivity index is 1.33. The summed E-state index contributed by atoms with van der Waals surface area (Å²) in [5.41, 5.74) is 6.79. The van der Waals surface area contributed by atoms with Crippen molar-refractivity contribution in [2.75, 3.05) is 6.61 Å². The van der Waals surface area contributed by atoms with Crippen LogP contribution in [0.25, 0.3) is 6.08 Å². The van der Waals surface area contributed by atoms with E-state index >= 15 is 0 Å². The van der Waals surface area contributed by atoms with Crippen LogP contribution in [0.2, 0.25) is 6.32 Å². The average Bonchev–Trinajstić information content (AvgIpc) is 3.00. The molecule has 3 aromatic carbocycles. The van der Waals surface area contributed by atoms with Crippen LogP contribution in [-0.4, -0.2) is 41.5 Å². The highest BCUT2D eigenvalue weighted by molar-refractivity contribution is 6.43. The second-order valence-corrected chi connectivity index (χ2v) is 12.2. The standard InChI is InChI=1S/C36H37BO6/c1-21(15-24-16-22(2)34(38)23(3)17-24)13-14-31-32-25(20-42-26-9-5-4-6-10-26)18-29-33(30(32)19-37(41)43-31)36(40)28-12-8-7-11-27(28)35(29)39/h4-12,15-17,29-31,33,38,41H,13-14,18-20H2,1-3H3/b21-15+/t29-,30+,31-,33-/m1/s1. The van der Waals surface area contributed by atoms with Gasteiger partial charge in [-0.25, -0.2) is 0 Å². The van der Waals surface area contributed by atoms with Crippen molar-refractivity contribution in [3.05, 3.63) is 111 Å². The lowest BCUT2D eigenvalue weighted by Crippen LogP contribution is -2.51. The van der Waals surface area contributed by atoms with E-state index in [1.165, 1.54) is 0 Å². The molecule has 3 aliphatic rings. The van der Waals surface area contributed by atoms with E-state index < -0.39 is 25.1 Å². The van der Waals surface area contributed by atoms with Crippen LogP contribution in [0.15, 0.2) is 83.4 Å². The van der Waals surface area contributed by atoms with E-state index in [1.807, 2.05) is 56.3 Å². The fraction of sp³-hybridized carbons (Fsp3) is 0.333. The van der Waals surface area contributed by atoms with Gasteiger partial charge in [0.2, 0.25) is 0 Å². The number of hydrogen-bond donors (Lipinski definition) is 2. The average molecular weight is 576 g/mol. The summed E-state index contributed by atoms with van der Waals surface area (Å²) in [6.45, 7) is 6.15. The molecule has 1 heterocycles. The number of aromatic hydroxyl groups is 1. The summed E-state index contributed by atoms with van der Waals surface area (Å²) in [6, 6.07) is 20.6. The Morgan fingerprint density at radius 2 is 1.63 bits per heavy atom. The summed E-state index contributed by atoms with van der Waals surface area (Å²) in [5.74, 6) is -0.301. The Labute approximate surface area is 253 Å². The van der Waals surface area contributed by atoms with Gasteiger partial charge in [-0.05, 0) is 104 Å². The van der Waals surface area contributed by atoms with Crippen molar-refractivity contribution >= 4 is 24.8 Å². The lowest BCUT2D eigenvalue weighted by Gasteiger charge is -2.47. The van der Waals surface area contributed by atoms with Gasteiger partial charge >= 0.3 is 7.12 Å². The number of fused-ring (bicyclic) bond motifs is 4. The molecule has 220 valence electrons. The summed E-state index contributed by atoms with van der Waals surface area (Å²) in [7, 11) is -1.03. The molecule has 0 radical (unpaired) electrons. The topological polar surface area (TPSA) is 93.1 Å². The number of benzene rings is 3. The Bertz CT molecular complexity index is 1600. The Morgan fingerprint density at radius 3 is 2.33 bits per heavy atom. The molecule has 7 heteroatoms. The zero-order valence-electron chi connectivity index (χ0n) is 24.9. The number of phenols is 1. The number of allylic oxidation sites excluding steroid dienone is 1. The monoisotopic (exact) mass is 576 g/mol. The third-order valence-electron chi connectivity index (χ3n) is 9.25. The molecular weight excluding hydrogens is 539 g/mol. The van der Waals surface area contributed by atoms with Crippen molar-refractivity contribution < 1.29 is 29.1 Å². The second kappa shape index (κ2) is 12.0. The minimum atomic E-state index is -1.03. The van der Waals surface area contributed by atoms with Gasteiger partial charge in [-0.2, -0.15) is 0 Å². The van der Waals surface area contributed by atoms with E-state index in [-0.39, 0.29) is 23.8 Å². The highest BCUT2D eigenvalue weighted by atomic mass is 16.5. The molecule has 0 amide bonds. The molecule has 0 unspecified atom stereocenters. The van der Waals surface area contributed by atoms with Gasteiger partial charge in [0.1, 0.15) is 18.1 Å². The van der Waals surface area contributed by atoms with Gasteiger partial charge in [-0.3, -0.25) is 9.59 Å². The summed E-state index contributed by atoms with van der Waals surface area (Å²) in [6.07, 6.45) is 3.73. The number of Topliss-reactive ketones (excluding diaryl/α,β-unsaturated/α-hetero) is 2. The van der Waals surface area contributed by atoms with Crippen molar-refractivity contribution in [1.29, 1.82) is 0 Å². The molecule has 4 atom stereocenters. The number of carbonyl (C=O) groups is 2. The van der Waals surface area contributed by atoms with Crippen molar-refractivity contribution in [2.24, 2.45) is 17.8 Å². The van der Waals surface area contributed by atoms with E-state index in [2.05, 4.69) is 13.0 Å². The first-order valence-corrected chi connectivity index (χ1v) is 15.1. The molecule has 2 aliphatic carbocycles. The maximum Gasteiger partial charge on any atom is 0.455 e. The first-order chi connectivity index (χ1) is 20.7. The van der Waals surface area contributed by atoms with Gasteiger partial charge in [0.05, 0.1) is 6.10 Å². The highest BCUT2D eigenvalue weighted by Gasteiger charge is 2.53. The first kappa shape index (κ1) is 29.2. The van der Waals surface area contributed by atoms with Gasteiger partial charge in [0.25, 0.3) is 0 Å². The number of aryl methyl sites for hydroxylation is 2. The molecule has 43 heavy (non-hydrogen) atoms. The summed E-state index contributed by atoms with van der Waals surface area (Å²) >= 11 is 0. The molecule has 2 N–H and O–H groups in total. The molecule has 3 aromatic rings. The van der Waals surface area contributed by atoms with E-state index in [9.17, 15) is 19.7 Å². The lowest BCUT2D eigenvalue weighted by molar-refractivity contribution is 0.0592. The molecule has 1 aliphatic heterocycles. The van der Waals surface area contributed by atoms with Crippen LogP contribution < -0.4 is 4.74 Å². The summed E-state index contributed by atoms with van der Waals surface area (Å²) in [4.78, 5) is 27.7. The first-order valence-electron chi connectivity index (χ1n) is 15.1. The fourth-order valence-corrected chi connectivity index (χ4v) is 7.28. The van der Waals surface area contributed by atoms with Crippen LogP contribution in [0.3, 0.4) is 0 Å². The van der Waals surface area contributed by atoms with Crippen LogP contribution in [0.4, 0.5) is 0 Å². The second-order valence-electron chi connectivity index (χ2n) is 12.2. The summed E-state index contributed by atoms with van der Waals surface area (Å²) < 4.78 is 12.4. The SMILES string of the molecule is C/C(=C\c1cc(C)c(O)c(C)c1)CC[C@H]1OB(O)C[C@H]2C1=C(COc1ccccc1)C[C@H]1C(=O)c3ccccc3C(=O)[C@H]12. The van der Waals surface area contributed by atoms with Gasteiger partial charge < -0.3 is 19.5 Å². The number of ketones is 2. The van der Waals surface area contributed by atoms with E-state index in [1.54, 1.807) is 24.3 Å². The van der Waals surface area contributed by atoms with Crippen LogP contribution in [0.5, 0.6) is 11.5 Å². The molecule has 0 saturated carbocycles. The molecule has 0 bridgehead atoms. The predicted octanol–water partition coefficient (Wildman–Crippen LogP) is 6.78. The molecule has 6 rings (SSSR count). The number of para-hydroxylation sites is 1. The summed E-state index contributed by atoms with van der Waals surface area (Å²) in [5, 5.41) is 21.1. The number of rotatable bonds is 7. The Kier molecular flexibility index (Phi) is 8.12. The van der Waals surface area contributed by atoms with Gasteiger partial charge in [-0.1, -0.05) is 54.1 Å². The van der Waals surface area contributed by atoms with Crippen LogP contribution in [0.1, 0.15) is 63.6 Å². The minimum Gasteiger partial charge on any atom is -0.507 e. The number of carbonyl (C=O) groups excluding carboxylic acids is 2. The van der Waals surface area contributed by atoms with Crippen molar-refractivity contribution in [2.45, 2.75) is 52.5 Å². The molecule has 0 spiro atoms. The van der Waals surface area contributed by atoms with E-state index in [4.69, 9.17) is 9.39 Å². The highest BCUT2D eigenvalue weighted by Crippen LogP contribution is 2.51. The number of ether oxygens (including phenoxy) is 1. The molecule has 1 saturated heterocycles. The van der Waals surface area contributed by atoms with Gasteiger partial charge in [0, 0.05) is 23.0 Å². The van der Waals surface area contributed by atoms with E-state index in [0.717, 1.165) is 39.2 Å². The van der Waals surface area contributed by atoms with E-state index in [0.29, 0.717) is 42.7 Å². The maximum atomic E-state index is 13.9. The fourth-order valence-electron chi connectivity index (χ4n) is 7.28. The molecule has 0 aromatic heterocycles. The van der Waals surface area contributed by atoms with Crippen molar-refractivity contribution in [1.82, 2.24) is 0 Å². The van der Waals surface area contributed by atoms with Crippen LogP contribution >= 0.6 is 0 Å². The molecule has 1 fully saturated rings. The smallest absolute Gasteiger partial charge is 0.455 e. The zero-order valence-corrected chi connectivity index (χ0v) is 24.9. The normalized spacial score (nSPS) is 23.5. The van der Waals surface area contributed by atoms with Crippen LogP contribution in [-0.2, 0) is 4.65 Å². The number of phenolic OH excluding ortho intramolecular Hbond substituents is 1. The van der Waals surface area contributed by atoms with Gasteiger partial charge in [-0.15, -0.1) is 0 Å². The third kappa shape index (κ3) is 5.72. The zero-order chi connectivity index (χ0) is 30.2. The maximum absolute atomic E-state index is 13.9. The third-order valence-corrected chi connectivity index (χ3v) is 9.25. The van der Waals surface area contributed by atoms with Crippen molar-refractivity contribution in [3.63, 3.8) is 0 Å². The Hall–Kier alpha value is -3.94. The van der Waals surface area contributed by atoms with Crippen molar-refractivity contribution in [3.8, 4) is 11.5 Å². The van der Waals surface area contributed by atoms with Gasteiger partial charge in [0.15, 0.2) is 11.6 Å². The molecule has 6 nitrogen and oxygen atoms in total. The minimum absolute atomic E-state index is 0.00717.